The first-order chi connectivity index (χ1) is 13.7. The van der Waals surface area contributed by atoms with Gasteiger partial charge in [-0.2, -0.15) is 4.98 Å². The van der Waals surface area contributed by atoms with Crippen LogP contribution >= 0.6 is 0 Å². The second-order valence-corrected chi connectivity index (χ2v) is 7.02. The van der Waals surface area contributed by atoms with E-state index in [1.165, 1.54) is 0 Å². The molecule has 4 rings (SSSR count). The number of nitrogens with one attached hydrogen (secondary N) is 2. The largest absolute Gasteiger partial charge is 0.337 e. The topological polar surface area (TPSA) is 83.3 Å². The summed E-state index contributed by atoms with van der Waals surface area (Å²) in [5, 5.41) is 10.0. The van der Waals surface area contributed by atoms with E-state index >= 15 is 0 Å². The summed E-state index contributed by atoms with van der Waals surface area (Å²) in [6, 6.07) is 19.4. The average Bonchev–Trinajstić information content (AvgIpc) is 3.34. The van der Waals surface area contributed by atoms with E-state index in [1.807, 2.05) is 67.7 Å². The summed E-state index contributed by atoms with van der Waals surface area (Å²) >= 11 is 0. The Morgan fingerprint density at radius 1 is 1.14 bits per heavy atom. The van der Waals surface area contributed by atoms with Gasteiger partial charge in [-0.3, -0.25) is 4.90 Å². The molecule has 7 nitrogen and oxygen atoms in total. The number of amides is 2. The first-order valence-electron chi connectivity index (χ1n) is 9.36. The van der Waals surface area contributed by atoms with Crippen LogP contribution in [0.3, 0.4) is 0 Å². The maximum Gasteiger partial charge on any atom is 0.315 e. The van der Waals surface area contributed by atoms with E-state index in [0.717, 1.165) is 24.1 Å². The van der Waals surface area contributed by atoms with Gasteiger partial charge in [0.15, 0.2) is 0 Å². The maximum absolute atomic E-state index is 12.2. The minimum atomic E-state index is -0.168. The standard InChI is InChI=1S/C21H23N5O2/c1-26-14-17(23-21(27)22-13-15-8-4-2-5-9-15)12-18(26)20-24-19(25-28-20)16-10-6-3-7-11-16/h2-11,17-18H,12-14H2,1H3,(H2,22,23,27). The number of benzene rings is 2. The van der Waals surface area contributed by atoms with Gasteiger partial charge in [-0.05, 0) is 19.0 Å². The van der Waals surface area contributed by atoms with Gasteiger partial charge in [0, 0.05) is 24.7 Å². The molecule has 144 valence electrons. The molecular weight excluding hydrogens is 354 g/mol. The Labute approximate surface area is 163 Å². The second-order valence-electron chi connectivity index (χ2n) is 7.02. The lowest BCUT2D eigenvalue weighted by Gasteiger charge is -2.14. The number of aromatic nitrogens is 2. The van der Waals surface area contributed by atoms with Gasteiger partial charge in [0.05, 0.1) is 6.04 Å². The Morgan fingerprint density at radius 3 is 2.61 bits per heavy atom. The molecule has 2 N–H and O–H groups in total. The van der Waals surface area contributed by atoms with Crippen LogP contribution in [0.15, 0.2) is 65.2 Å². The third-order valence-electron chi connectivity index (χ3n) is 4.94. The fourth-order valence-corrected chi connectivity index (χ4v) is 3.48. The van der Waals surface area contributed by atoms with Crippen molar-refractivity contribution in [2.24, 2.45) is 0 Å². The molecule has 0 saturated carbocycles. The summed E-state index contributed by atoms with van der Waals surface area (Å²) in [4.78, 5) is 18.9. The molecule has 2 heterocycles. The van der Waals surface area contributed by atoms with Crippen LogP contribution < -0.4 is 10.6 Å². The molecule has 7 heteroatoms. The second kappa shape index (κ2) is 8.22. The third kappa shape index (κ3) is 4.20. The molecule has 28 heavy (non-hydrogen) atoms. The van der Waals surface area contributed by atoms with E-state index in [-0.39, 0.29) is 18.1 Å². The molecule has 1 aliphatic rings. The van der Waals surface area contributed by atoms with Crippen LogP contribution in [0, 0.1) is 0 Å². The minimum absolute atomic E-state index is 0.00983. The number of urea groups is 1. The molecule has 1 aliphatic heterocycles. The molecule has 3 aromatic rings. The smallest absolute Gasteiger partial charge is 0.315 e. The number of carbonyl (C=O) groups is 1. The molecule has 1 fully saturated rings. The fraction of sp³-hybridized carbons (Fsp3) is 0.286. The zero-order valence-corrected chi connectivity index (χ0v) is 15.7. The summed E-state index contributed by atoms with van der Waals surface area (Å²) < 4.78 is 5.50. The molecule has 0 spiro atoms. The summed E-state index contributed by atoms with van der Waals surface area (Å²) in [6.45, 7) is 1.23. The van der Waals surface area contributed by atoms with Gasteiger partial charge in [-0.25, -0.2) is 4.79 Å². The molecule has 0 aliphatic carbocycles. The van der Waals surface area contributed by atoms with Crippen LogP contribution in [0.4, 0.5) is 4.79 Å². The first-order valence-corrected chi connectivity index (χ1v) is 9.36. The van der Waals surface area contributed by atoms with E-state index in [0.29, 0.717) is 18.3 Å². The van der Waals surface area contributed by atoms with Crippen LogP contribution in [0.5, 0.6) is 0 Å². The highest BCUT2D eigenvalue weighted by Gasteiger charge is 2.35. The lowest BCUT2D eigenvalue weighted by atomic mass is 10.1. The Balaban J connectivity index is 1.33. The number of likely N-dealkylation sites (N-methyl/N-ethyl adjacent to an activating group) is 1. The fourth-order valence-electron chi connectivity index (χ4n) is 3.48. The summed E-state index contributed by atoms with van der Waals surface area (Å²) in [7, 11) is 2.00. The molecule has 2 atom stereocenters. The quantitative estimate of drug-likeness (QED) is 0.714. The molecule has 2 amide bonds. The van der Waals surface area contributed by atoms with Gasteiger partial charge in [0.25, 0.3) is 0 Å². The Bertz CT molecular complexity index is 913. The van der Waals surface area contributed by atoms with Gasteiger partial charge >= 0.3 is 6.03 Å². The third-order valence-corrected chi connectivity index (χ3v) is 4.94. The lowest BCUT2D eigenvalue weighted by Crippen LogP contribution is -2.42. The molecule has 1 aromatic heterocycles. The van der Waals surface area contributed by atoms with Gasteiger partial charge < -0.3 is 15.2 Å². The molecule has 0 bridgehead atoms. The first kappa shape index (κ1) is 18.2. The highest BCUT2D eigenvalue weighted by Crippen LogP contribution is 2.30. The zero-order valence-electron chi connectivity index (χ0n) is 15.7. The van der Waals surface area contributed by atoms with Crippen LogP contribution in [-0.4, -0.2) is 40.7 Å². The Hall–Kier alpha value is -3.19. The lowest BCUT2D eigenvalue weighted by molar-refractivity contribution is 0.236. The monoisotopic (exact) mass is 377 g/mol. The Kier molecular flexibility index (Phi) is 5.34. The van der Waals surface area contributed by atoms with Crippen molar-refractivity contribution in [2.75, 3.05) is 13.6 Å². The van der Waals surface area contributed by atoms with E-state index in [1.54, 1.807) is 0 Å². The van der Waals surface area contributed by atoms with Crippen molar-refractivity contribution in [2.45, 2.75) is 25.0 Å². The number of hydrogen-bond acceptors (Lipinski definition) is 5. The number of carbonyl (C=O) groups excluding carboxylic acids is 1. The minimum Gasteiger partial charge on any atom is -0.337 e. The number of nitrogens with zero attached hydrogens (tertiary/aromatic N) is 3. The van der Waals surface area contributed by atoms with Crippen molar-refractivity contribution in [1.82, 2.24) is 25.7 Å². The summed E-state index contributed by atoms with van der Waals surface area (Å²) in [5.74, 6) is 1.16. The highest BCUT2D eigenvalue weighted by molar-refractivity contribution is 5.74. The molecule has 2 aromatic carbocycles. The number of rotatable bonds is 5. The average molecular weight is 377 g/mol. The molecule has 0 radical (unpaired) electrons. The normalized spacial score (nSPS) is 19.5. The van der Waals surface area contributed by atoms with Crippen molar-refractivity contribution in [3.05, 3.63) is 72.1 Å². The number of hydrogen-bond donors (Lipinski definition) is 2. The van der Waals surface area contributed by atoms with Crippen LogP contribution in [0.1, 0.15) is 23.9 Å². The van der Waals surface area contributed by atoms with Gasteiger partial charge in [-0.15, -0.1) is 0 Å². The molecular formula is C21H23N5O2. The molecule has 1 saturated heterocycles. The van der Waals surface area contributed by atoms with Gasteiger partial charge in [0.1, 0.15) is 0 Å². The van der Waals surface area contributed by atoms with Gasteiger partial charge in [-0.1, -0.05) is 65.8 Å². The predicted octanol–water partition coefficient (Wildman–Crippen LogP) is 2.98. The van der Waals surface area contributed by atoms with Crippen molar-refractivity contribution in [1.29, 1.82) is 0 Å². The van der Waals surface area contributed by atoms with E-state index in [9.17, 15) is 4.79 Å². The van der Waals surface area contributed by atoms with Crippen molar-refractivity contribution < 1.29 is 9.32 Å². The SMILES string of the molecule is CN1CC(NC(=O)NCc2ccccc2)CC1c1nc(-c2ccccc2)no1. The molecule has 2 unspecified atom stereocenters. The van der Waals surface area contributed by atoms with Crippen molar-refractivity contribution in [3.63, 3.8) is 0 Å². The van der Waals surface area contributed by atoms with Crippen molar-refractivity contribution >= 4 is 6.03 Å². The van der Waals surface area contributed by atoms with E-state index in [4.69, 9.17) is 4.52 Å². The summed E-state index contributed by atoms with van der Waals surface area (Å²) in [5.41, 5.74) is 1.99. The Morgan fingerprint density at radius 2 is 1.86 bits per heavy atom. The zero-order chi connectivity index (χ0) is 19.3. The van der Waals surface area contributed by atoms with Crippen LogP contribution in [0.2, 0.25) is 0 Å². The highest BCUT2D eigenvalue weighted by atomic mass is 16.5. The van der Waals surface area contributed by atoms with Crippen LogP contribution in [0.25, 0.3) is 11.4 Å². The van der Waals surface area contributed by atoms with E-state index in [2.05, 4.69) is 25.7 Å². The number of likely N-dealkylation sites (tertiary alicyclic amines) is 1. The predicted molar refractivity (Wildman–Crippen MR) is 105 cm³/mol. The van der Waals surface area contributed by atoms with Gasteiger partial charge in [0.2, 0.25) is 11.7 Å². The van der Waals surface area contributed by atoms with E-state index < -0.39 is 0 Å². The van der Waals surface area contributed by atoms with Crippen molar-refractivity contribution in [3.8, 4) is 11.4 Å². The maximum atomic E-state index is 12.2. The summed E-state index contributed by atoms with van der Waals surface area (Å²) in [6.07, 6.45) is 0.728. The van der Waals surface area contributed by atoms with Crippen LogP contribution in [-0.2, 0) is 6.54 Å².